The van der Waals surface area contributed by atoms with E-state index in [9.17, 15) is 9.59 Å². The van der Waals surface area contributed by atoms with Gasteiger partial charge in [0.2, 0.25) is 0 Å². The topological polar surface area (TPSA) is 103 Å². The Kier molecular flexibility index (Phi) is 8.52. The number of hydrogen-bond donors (Lipinski definition) is 2. The van der Waals surface area contributed by atoms with Crippen molar-refractivity contribution in [3.05, 3.63) is 108 Å². The number of carbonyl (C=O) groups is 2. The van der Waals surface area contributed by atoms with Crippen molar-refractivity contribution in [2.75, 3.05) is 13.2 Å². The Morgan fingerprint density at radius 3 is 2.38 bits per heavy atom. The van der Waals surface area contributed by atoms with Crippen molar-refractivity contribution in [3.8, 4) is 11.5 Å². The summed E-state index contributed by atoms with van der Waals surface area (Å²) in [6, 6.07) is 28.7. The number of alkyl carbamates (subject to hydrolysis) is 1. The van der Waals surface area contributed by atoms with Gasteiger partial charge in [-0.1, -0.05) is 68.4 Å². The number of hydrogen-bond acceptors (Lipinski definition) is 6. The first-order valence-corrected chi connectivity index (χ1v) is 13.9. The summed E-state index contributed by atoms with van der Waals surface area (Å²) in [5, 5.41) is 13.8. The number of para-hydroxylation sites is 1. The van der Waals surface area contributed by atoms with Gasteiger partial charge in [-0.05, 0) is 65.6 Å². The lowest BCUT2D eigenvalue weighted by atomic mass is 10.0. The number of nitrogens with zero attached hydrogens (tertiary/aromatic N) is 1. The molecule has 0 unspecified atom stereocenters. The molecule has 0 aliphatic rings. The smallest absolute Gasteiger partial charge is 0.412 e. The van der Waals surface area contributed by atoms with Gasteiger partial charge in [-0.3, -0.25) is 10.7 Å². The highest BCUT2D eigenvalue weighted by Gasteiger charge is 2.20. The Labute approximate surface area is 244 Å². The van der Waals surface area contributed by atoms with E-state index in [4.69, 9.17) is 19.6 Å². The molecule has 0 aliphatic carbocycles. The second kappa shape index (κ2) is 12.6. The maximum atomic E-state index is 13.1. The summed E-state index contributed by atoms with van der Waals surface area (Å²) >= 11 is 0. The number of amides is 1. The molecule has 0 bridgehead atoms. The van der Waals surface area contributed by atoms with Crippen LogP contribution in [0.1, 0.15) is 42.4 Å². The van der Waals surface area contributed by atoms with Crippen molar-refractivity contribution in [2.24, 2.45) is 5.92 Å². The van der Waals surface area contributed by atoms with Gasteiger partial charge in [0, 0.05) is 23.0 Å². The molecule has 42 heavy (non-hydrogen) atoms. The van der Waals surface area contributed by atoms with Crippen LogP contribution in [0.4, 0.5) is 4.79 Å². The second-order valence-corrected chi connectivity index (χ2v) is 10.3. The highest BCUT2D eigenvalue weighted by Crippen LogP contribution is 2.31. The van der Waals surface area contributed by atoms with E-state index in [2.05, 4.69) is 5.32 Å². The molecule has 0 saturated carbocycles. The average molecular weight is 564 g/mol. The lowest BCUT2D eigenvalue weighted by Crippen LogP contribution is -2.31. The summed E-state index contributed by atoms with van der Waals surface area (Å²) in [7, 11) is 0. The van der Waals surface area contributed by atoms with Crippen LogP contribution >= 0.6 is 0 Å². The fourth-order valence-electron chi connectivity index (χ4n) is 4.75. The van der Waals surface area contributed by atoms with E-state index in [0.717, 1.165) is 33.0 Å². The molecule has 214 valence electrons. The molecule has 1 heterocycles. The second-order valence-electron chi connectivity index (χ2n) is 10.3. The number of aromatic nitrogens is 1. The lowest BCUT2D eigenvalue weighted by molar-refractivity contribution is 0.0515. The van der Waals surface area contributed by atoms with Crippen LogP contribution in [0.5, 0.6) is 11.5 Å². The van der Waals surface area contributed by atoms with E-state index in [1.165, 1.54) is 0 Å². The highest BCUT2D eigenvalue weighted by molar-refractivity contribution is 6.07. The van der Waals surface area contributed by atoms with Crippen LogP contribution in [0, 0.1) is 11.3 Å². The van der Waals surface area contributed by atoms with E-state index in [-0.39, 0.29) is 25.0 Å². The van der Waals surface area contributed by atoms with Crippen molar-refractivity contribution in [2.45, 2.75) is 27.3 Å². The molecular weight excluding hydrogens is 530 g/mol. The maximum Gasteiger partial charge on any atom is 0.412 e. The molecule has 8 nitrogen and oxygen atoms in total. The van der Waals surface area contributed by atoms with Crippen LogP contribution < -0.4 is 10.1 Å². The minimum Gasteiger partial charge on any atom is -0.461 e. The number of rotatable bonds is 9. The number of ether oxygens (including phenoxy) is 3. The predicted octanol–water partition coefficient (Wildman–Crippen LogP) is 7.52. The molecule has 8 heteroatoms. The van der Waals surface area contributed by atoms with Gasteiger partial charge in [0.25, 0.3) is 0 Å². The summed E-state index contributed by atoms with van der Waals surface area (Å²) in [5.74, 6) is 1.04. The van der Waals surface area contributed by atoms with Crippen molar-refractivity contribution >= 4 is 39.6 Å². The zero-order valence-corrected chi connectivity index (χ0v) is 23.8. The van der Waals surface area contributed by atoms with Gasteiger partial charge in [0.1, 0.15) is 23.0 Å². The van der Waals surface area contributed by atoms with Gasteiger partial charge in [0.05, 0.1) is 13.2 Å². The Morgan fingerprint density at radius 1 is 0.857 bits per heavy atom. The lowest BCUT2D eigenvalue weighted by Gasteiger charge is -2.15. The summed E-state index contributed by atoms with van der Waals surface area (Å²) in [6.07, 6.45) is -0.682. The normalized spacial score (nSPS) is 11.0. The largest absolute Gasteiger partial charge is 0.461 e. The monoisotopic (exact) mass is 563 g/mol. The number of amidine groups is 1. The molecule has 0 fully saturated rings. The zero-order valence-electron chi connectivity index (χ0n) is 23.8. The van der Waals surface area contributed by atoms with Crippen molar-refractivity contribution in [1.29, 1.82) is 5.41 Å². The third-order valence-electron chi connectivity index (χ3n) is 6.68. The van der Waals surface area contributed by atoms with Crippen molar-refractivity contribution < 1.29 is 23.8 Å². The van der Waals surface area contributed by atoms with Gasteiger partial charge < -0.3 is 18.8 Å². The predicted molar refractivity (Wildman–Crippen MR) is 164 cm³/mol. The number of benzene rings is 4. The third-order valence-corrected chi connectivity index (χ3v) is 6.68. The molecule has 1 amide bonds. The van der Waals surface area contributed by atoms with Gasteiger partial charge in [-0.2, -0.15) is 0 Å². The minimum atomic E-state index is -0.682. The van der Waals surface area contributed by atoms with Crippen LogP contribution in [0.2, 0.25) is 0 Å². The highest BCUT2D eigenvalue weighted by atomic mass is 16.5. The summed E-state index contributed by atoms with van der Waals surface area (Å²) in [4.78, 5) is 25.3. The Bertz CT molecular complexity index is 1760. The van der Waals surface area contributed by atoms with Gasteiger partial charge in [-0.15, -0.1) is 0 Å². The SMILES string of the molecule is CCOC(=O)c1cc2ccc(C(=N)NC(=O)OCC(C)C)cc2n1Cc1cc(Oc2ccccc2)cc2ccccc12. The molecule has 1 aromatic heterocycles. The van der Waals surface area contributed by atoms with E-state index >= 15 is 0 Å². The van der Waals surface area contributed by atoms with Crippen LogP contribution in [-0.4, -0.2) is 35.7 Å². The first-order chi connectivity index (χ1) is 20.3. The van der Waals surface area contributed by atoms with Crippen LogP contribution in [0.15, 0.2) is 91.0 Å². The maximum absolute atomic E-state index is 13.1. The summed E-state index contributed by atoms with van der Waals surface area (Å²) in [5.41, 5.74) is 2.53. The molecular formula is C34H33N3O5. The van der Waals surface area contributed by atoms with Gasteiger partial charge in [0.15, 0.2) is 0 Å². The fraction of sp³-hybridized carbons (Fsp3) is 0.206. The number of esters is 1. The molecule has 0 radical (unpaired) electrons. The van der Waals surface area contributed by atoms with E-state index in [1.54, 1.807) is 25.1 Å². The Hall–Kier alpha value is -5.11. The molecule has 5 rings (SSSR count). The Morgan fingerprint density at radius 2 is 1.62 bits per heavy atom. The molecule has 0 spiro atoms. The van der Waals surface area contributed by atoms with E-state index < -0.39 is 12.1 Å². The number of carbonyl (C=O) groups excluding carboxylic acids is 2. The number of nitrogens with one attached hydrogen (secondary N) is 2. The first kappa shape index (κ1) is 28.4. The summed E-state index contributed by atoms with van der Waals surface area (Å²) in [6.45, 7) is 6.48. The zero-order chi connectivity index (χ0) is 29.6. The first-order valence-electron chi connectivity index (χ1n) is 13.9. The van der Waals surface area contributed by atoms with Gasteiger partial charge in [-0.25, -0.2) is 9.59 Å². The molecule has 5 aromatic rings. The van der Waals surface area contributed by atoms with Crippen molar-refractivity contribution in [1.82, 2.24) is 9.88 Å². The fourth-order valence-corrected chi connectivity index (χ4v) is 4.75. The summed E-state index contributed by atoms with van der Waals surface area (Å²) < 4.78 is 18.7. The average Bonchev–Trinajstić information content (AvgIpc) is 3.34. The van der Waals surface area contributed by atoms with Crippen LogP contribution in [0.25, 0.3) is 21.7 Å². The molecule has 0 aliphatic heterocycles. The molecule has 4 aromatic carbocycles. The van der Waals surface area contributed by atoms with Crippen molar-refractivity contribution in [3.63, 3.8) is 0 Å². The van der Waals surface area contributed by atoms with Crippen LogP contribution in [0.3, 0.4) is 0 Å². The number of fused-ring (bicyclic) bond motifs is 2. The standard InChI is InChI=1S/C34H33N3O5/c1-4-40-33(38)31-18-24-14-15-25(32(35)36-34(39)41-21-22(2)3)19-30(24)37(31)20-26-17-28(42-27-11-6-5-7-12-27)16-23-10-8-9-13-29(23)26/h5-19,22H,4,20-21H2,1-3H3,(H2,35,36,39). The van der Waals surface area contributed by atoms with Gasteiger partial charge >= 0.3 is 12.1 Å². The van der Waals surface area contributed by atoms with Crippen LogP contribution in [-0.2, 0) is 16.0 Å². The molecule has 0 saturated heterocycles. The third kappa shape index (κ3) is 6.44. The molecule has 2 N–H and O–H groups in total. The minimum absolute atomic E-state index is 0.0974. The quantitative estimate of drug-likeness (QED) is 0.110. The molecule has 0 atom stereocenters. The van der Waals surface area contributed by atoms with E-state index in [0.29, 0.717) is 23.6 Å². The Balaban J connectivity index is 1.56. The van der Waals surface area contributed by atoms with E-state index in [1.807, 2.05) is 91.2 Å².